The molecular weight excluding hydrogens is 365 g/mol. The Morgan fingerprint density at radius 3 is 2.70 bits per heavy atom. The van der Waals surface area contributed by atoms with Crippen LogP contribution in [0.25, 0.3) is 0 Å². The van der Waals surface area contributed by atoms with Crippen molar-refractivity contribution in [2.45, 2.75) is 44.6 Å². The number of aliphatic carboxylic acids is 1. The number of ether oxygens (including phenoxy) is 1. The van der Waals surface area contributed by atoms with Crippen LogP contribution in [-0.4, -0.2) is 47.2 Å². The molecule has 0 radical (unpaired) electrons. The second kappa shape index (κ2) is 8.16. The van der Waals surface area contributed by atoms with Crippen LogP contribution >= 0.6 is 0 Å². The Bertz CT molecular complexity index is 691. The molecule has 1 aliphatic heterocycles. The molecule has 150 valence electrons. The van der Waals surface area contributed by atoms with Gasteiger partial charge in [-0.25, -0.2) is 4.79 Å². The number of hydrogen-bond acceptors (Lipinski definition) is 3. The monoisotopic (exact) mass is 388 g/mol. The summed E-state index contributed by atoms with van der Waals surface area (Å²) < 4.78 is 44.8. The van der Waals surface area contributed by atoms with Gasteiger partial charge in [-0.1, -0.05) is 12.1 Å². The number of benzene rings is 1. The summed E-state index contributed by atoms with van der Waals surface area (Å²) in [6, 6.07) is 4.50. The average Bonchev–Trinajstić information content (AvgIpc) is 2.56. The first kappa shape index (κ1) is 21.0. The molecule has 1 heterocycles. The van der Waals surface area contributed by atoms with Crippen molar-refractivity contribution in [1.82, 2.24) is 10.2 Å². The first-order valence-electron chi connectivity index (χ1n) is 8.57. The van der Waals surface area contributed by atoms with Crippen LogP contribution in [0.1, 0.15) is 43.9 Å². The largest absolute Gasteiger partial charge is 0.481 e. The number of nitrogens with one attached hydrogen (secondary N) is 1. The van der Waals surface area contributed by atoms with Crippen molar-refractivity contribution in [2.75, 3.05) is 19.6 Å². The van der Waals surface area contributed by atoms with Crippen LogP contribution in [0.3, 0.4) is 0 Å². The van der Waals surface area contributed by atoms with Crippen molar-refractivity contribution in [3.05, 3.63) is 35.4 Å². The maximum Gasteiger partial charge on any atom is 0.416 e. The van der Waals surface area contributed by atoms with Gasteiger partial charge < -0.3 is 20.1 Å². The molecule has 6 nitrogen and oxygen atoms in total. The van der Waals surface area contributed by atoms with Gasteiger partial charge in [-0.05, 0) is 38.0 Å². The van der Waals surface area contributed by atoms with Crippen molar-refractivity contribution >= 4 is 12.0 Å². The van der Waals surface area contributed by atoms with Gasteiger partial charge in [-0.2, -0.15) is 13.2 Å². The molecule has 27 heavy (non-hydrogen) atoms. The zero-order valence-electron chi connectivity index (χ0n) is 15.2. The highest BCUT2D eigenvalue weighted by atomic mass is 19.4. The minimum absolute atomic E-state index is 0.0538. The lowest BCUT2D eigenvalue weighted by atomic mass is 10.00. The van der Waals surface area contributed by atoms with E-state index in [1.165, 1.54) is 11.0 Å². The van der Waals surface area contributed by atoms with E-state index >= 15 is 0 Å². The zero-order valence-corrected chi connectivity index (χ0v) is 15.2. The Balaban J connectivity index is 2.08. The number of carbonyl (C=O) groups is 2. The molecule has 0 saturated carbocycles. The number of urea groups is 1. The number of nitrogens with zero attached hydrogens (tertiary/aromatic N) is 1. The second-order valence-corrected chi connectivity index (χ2v) is 7.10. The minimum atomic E-state index is -4.46. The Kier molecular flexibility index (Phi) is 6.35. The summed E-state index contributed by atoms with van der Waals surface area (Å²) in [5.74, 6) is -0.943. The van der Waals surface area contributed by atoms with Crippen LogP contribution < -0.4 is 5.32 Å². The SMILES string of the molecule is CC1(C)CN(C(=O)NCCCC(=O)O)CC(c2cccc(C(F)(F)F)c2)O1. The smallest absolute Gasteiger partial charge is 0.416 e. The van der Waals surface area contributed by atoms with Gasteiger partial charge >= 0.3 is 18.2 Å². The summed E-state index contributed by atoms with van der Waals surface area (Å²) in [6.07, 6.45) is -4.91. The highest BCUT2D eigenvalue weighted by Gasteiger charge is 2.37. The van der Waals surface area contributed by atoms with Crippen molar-refractivity contribution < 1.29 is 32.6 Å². The van der Waals surface area contributed by atoms with Gasteiger partial charge in [0.15, 0.2) is 0 Å². The Labute approximate surface area is 155 Å². The van der Waals surface area contributed by atoms with Gasteiger partial charge in [0.05, 0.1) is 24.3 Å². The molecule has 1 aromatic rings. The molecule has 1 fully saturated rings. The Morgan fingerprint density at radius 2 is 2.07 bits per heavy atom. The van der Waals surface area contributed by atoms with E-state index in [2.05, 4.69) is 5.32 Å². The quantitative estimate of drug-likeness (QED) is 0.758. The molecular formula is C18H23F3N2O4. The molecule has 1 saturated heterocycles. The molecule has 2 N–H and O–H groups in total. The molecule has 2 rings (SSSR count). The van der Waals surface area contributed by atoms with E-state index in [1.54, 1.807) is 19.9 Å². The van der Waals surface area contributed by atoms with Crippen LogP contribution in [0.15, 0.2) is 24.3 Å². The van der Waals surface area contributed by atoms with Crippen molar-refractivity contribution in [1.29, 1.82) is 0 Å². The maximum absolute atomic E-state index is 13.0. The molecule has 9 heteroatoms. The van der Waals surface area contributed by atoms with Crippen LogP contribution in [0.5, 0.6) is 0 Å². The molecule has 0 aliphatic carbocycles. The van der Waals surface area contributed by atoms with Gasteiger partial charge in [-0.3, -0.25) is 4.79 Å². The molecule has 1 atom stereocenters. The summed E-state index contributed by atoms with van der Waals surface area (Å²) in [7, 11) is 0. The van der Waals surface area contributed by atoms with E-state index in [0.717, 1.165) is 12.1 Å². The number of hydrogen-bond donors (Lipinski definition) is 2. The lowest BCUT2D eigenvalue weighted by Crippen LogP contribution is -2.54. The summed E-state index contributed by atoms with van der Waals surface area (Å²) >= 11 is 0. The number of carbonyl (C=O) groups excluding carboxylic acids is 1. The highest BCUT2D eigenvalue weighted by Crippen LogP contribution is 2.35. The van der Waals surface area contributed by atoms with Crippen molar-refractivity contribution in [3.8, 4) is 0 Å². The maximum atomic E-state index is 13.0. The Hall–Kier alpha value is -2.29. The van der Waals surface area contributed by atoms with Gasteiger partial charge in [0, 0.05) is 13.0 Å². The number of rotatable bonds is 5. The number of halogens is 3. The topological polar surface area (TPSA) is 78.9 Å². The molecule has 1 aromatic carbocycles. The van der Waals surface area contributed by atoms with Crippen LogP contribution in [0.4, 0.5) is 18.0 Å². The number of carboxylic acids is 1. The van der Waals surface area contributed by atoms with Gasteiger partial charge in [-0.15, -0.1) is 0 Å². The average molecular weight is 388 g/mol. The van der Waals surface area contributed by atoms with E-state index in [1.807, 2.05) is 0 Å². The minimum Gasteiger partial charge on any atom is -0.481 e. The van der Waals surface area contributed by atoms with E-state index in [-0.39, 0.29) is 26.1 Å². The highest BCUT2D eigenvalue weighted by molar-refractivity contribution is 5.74. The van der Waals surface area contributed by atoms with Gasteiger partial charge in [0.1, 0.15) is 6.10 Å². The molecule has 1 aliphatic rings. The second-order valence-electron chi connectivity index (χ2n) is 7.10. The normalized spacial score (nSPS) is 19.6. The van der Waals surface area contributed by atoms with Gasteiger partial charge in [0.25, 0.3) is 0 Å². The lowest BCUT2D eigenvalue weighted by molar-refractivity contribution is -0.139. The number of carboxylic acid groups (broad SMARTS) is 1. The van der Waals surface area contributed by atoms with Crippen molar-refractivity contribution in [2.24, 2.45) is 0 Å². The molecule has 2 amide bonds. The van der Waals surface area contributed by atoms with Crippen LogP contribution in [0.2, 0.25) is 0 Å². The third kappa shape index (κ3) is 6.13. The predicted molar refractivity (Wildman–Crippen MR) is 91.2 cm³/mol. The summed E-state index contributed by atoms with van der Waals surface area (Å²) in [6.45, 7) is 4.11. The Morgan fingerprint density at radius 1 is 1.37 bits per heavy atom. The molecule has 0 bridgehead atoms. The van der Waals surface area contributed by atoms with E-state index < -0.39 is 35.4 Å². The summed E-state index contributed by atoms with van der Waals surface area (Å²) in [4.78, 5) is 24.4. The molecule has 1 unspecified atom stereocenters. The van der Waals surface area contributed by atoms with Crippen molar-refractivity contribution in [3.63, 3.8) is 0 Å². The predicted octanol–water partition coefficient (Wildman–Crippen LogP) is 3.43. The van der Waals surface area contributed by atoms with Crippen LogP contribution in [-0.2, 0) is 15.7 Å². The summed E-state index contributed by atoms with van der Waals surface area (Å²) in [5, 5.41) is 11.3. The first-order chi connectivity index (χ1) is 12.5. The number of amides is 2. The third-order valence-corrected chi connectivity index (χ3v) is 4.14. The third-order valence-electron chi connectivity index (χ3n) is 4.14. The van der Waals surface area contributed by atoms with E-state index in [9.17, 15) is 22.8 Å². The fourth-order valence-electron chi connectivity index (χ4n) is 2.97. The first-order valence-corrected chi connectivity index (χ1v) is 8.57. The number of alkyl halides is 3. The molecule has 0 spiro atoms. The fourth-order valence-corrected chi connectivity index (χ4v) is 2.97. The van der Waals surface area contributed by atoms with E-state index in [4.69, 9.17) is 9.84 Å². The van der Waals surface area contributed by atoms with E-state index in [0.29, 0.717) is 12.0 Å². The van der Waals surface area contributed by atoms with Gasteiger partial charge in [0.2, 0.25) is 0 Å². The number of morpholine rings is 1. The fraction of sp³-hybridized carbons (Fsp3) is 0.556. The zero-order chi connectivity index (χ0) is 20.2. The standard InChI is InChI=1S/C18H23F3N2O4/c1-17(2)11-23(16(26)22-8-4-7-15(24)25)10-14(27-17)12-5-3-6-13(9-12)18(19,20)21/h3,5-6,9,14H,4,7-8,10-11H2,1-2H3,(H,22,26)(H,24,25). The summed E-state index contributed by atoms with van der Waals surface area (Å²) in [5.41, 5.74) is -1.16. The molecule has 0 aromatic heterocycles. The van der Waals surface area contributed by atoms with Crippen LogP contribution in [0, 0.1) is 0 Å². The lowest BCUT2D eigenvalue weighted by Gasteiger charge is -2.43.